The molecule has 0 aromatic heterocycles. The van der Waals surface area contributed by atoms with Crippen molar-refractivity contribution in [2.45, 2.75) is 0 Å². The van der Waals surface area contributed by atoms with Gasteiger partial charge >= 0.3 is 0 Å². The molecule has 250 valence electrons. The first-order valence-corrected chi connectivity index (χ1v) is 17.8. The molecule has 0 heterocycles. The van der Waals surface area contributed by atoms with Gasteiger partial charge in [0.05, 0.1) is 5.48 Å². The molecule has 0 unspecified atom stereocenters. The van der Waals surface area contributed by atoms with Crippen LogP contribution in [0.5, 0.6) is 0 Å². The van der Waals surface area contributed by atoms with Gasteiger partial charge in [-0.05, 0) is 115 Å². The summed E-state index contributed by atoms with van der Waals surface area (Å²) < 4.78 is 37.8. The third-order valence-electron chi connectivity index (χ3n) is 9.73. The normalized spacial score (nSPS) is 12.1. The molecule has 0 aliphatic carbocycles. The SMILES string of the molecule is [2H]c1c([2H])c(N(c2ccc(-c3ccc(-c4ccccc4)cc3)cc2)c2cccc(-c3ccc4ccccc4c3)c2)c([2H])c([2H])c1-c1cccc(-c2ccccc2)c1. The number of anilines is 3. The van der Waals surface area contributed by atoms with Gasteiger partial charge in [-0.25, -0.2) is 0 Å². The minimum Gasteiger partial charge on any atom is -0.310 e. The first-order valence-electron chi connectivity index (χ1n) is 19.8. The second-order valence-corrected chi connectivity index (χ2v) is 13.1. The Morgan fingerprint density at radius 3 is 1.32 bits per heavy atom. The van der Waals surface area contributed by atoms with Crippen LogP contribution in [-0.4, -0.2) is 0 Å². The Balaban J connectivity index is 1.16. The molecule has 0 amide bonds. The van der Waals surface area contributed by atoms with Gasteiger partial charge in [0.2, 0.25) is 0 Å². The summed E-state index contributed by atoms with van der Waals surface area (Å²) in [6.07, 6.45) is 0. The Morgan fingerprint density at radius 1 is 0.245 bits per heavy atom. The van der Waals surface area contributed by atoms with E-state index in [4.69, 9.17) is 0 Å². The molecule has 0 aliphatic rings. The smallest absolute Gasteiger partial charge is 0.0645 e. The van der Waals surface area contributed by atoms with Crippen LogP contribution in [0.15, 0.2) is 224 Å². The van der Waals surface area contributed by atoms with Crippen LogP contribution < -0.4 is 4.90 Å². The molecule has 0 N–H and O–H groups in total. The van der Waals surface area contributed by atoms with Crippen molar-refractivity contribution in [3.8, 4) is 55.6 Å². The summed E-state index contributed by atoms with van der Waals surface area (Å²) in [5, 5.41) is 2.29. The third-order valence-corrected chi connectivity index (χ3v) is 9.73. The number of rotatable bonds is 8. The summed E-state index contributed by atoms with van der Waals surface area (Å²) in [5.41, 5.74) is 10.9. The summed E-state index contributed by atoms with van der Waals surface area (Å²) in [6.45, 7) is 0. The Bertz CT molecular complexity index is 2840. The number of benzene rings is 9. The van der Waals surface area contributed by atoms with Crippen LogP contribution in [0, 0.1) is 0 Å². The standard InChI is InChI=1S/C52H37N/c1-3-11-38(12-4-1)41-21-23-42(24-22-41)43-27-31-50(32-28-43)53(52-20-10-19-48(37-52)49-26-25-40-15-7-8-16-45(40)36-49)51-33-29-44(30-34-51)47-18-9-17-46(35-47)39-13-5-2-6-14-39/h1-37H/i29D,30D,33D,34D. The van der Waals surface area contributed by atoms with Crippen molar-refractivity contribution in [1.29, 1.82) is 0 Å². The lowest BCUT2D eigenvalue weighted by Crippen LogP contribution is -2.10. The van der Waals surface area contributed by atoms with Crippen LogP contribution in [0.3, 0.4) is 0 Å². The molecule has 0 aliphatic heterocycles. The van der Waals surface area contributed by atoms with E-state index < -0.39 is 0 Å². The summed E-state index contributed by atoms with van der Waals surface area (Å²) in [6, 6.07) is 66.9. The van der Waals surface area contributed by atoms with Gasteiger partial charge in [-0.15, -0.1) is 0 Å². The van der Waals surface area contributed by atoms with E-state index in [1.165, 1.54) is 0 Å². The predicted molar refractivity (Wildman–Crippen MR) is 226 cm³/mol. The van der Waals surface area contributed by atoms with Crippen LogP contribution >= 0.6 is 0 Å². The number of fused-ring (bicyclic) bond motifs is 1. The van der Waals surface area contributed by atoms with Gasteiger partial charge in [0.25, 0.3) is 0 Å². The lowest BCUT2D eigenvalue weighted by atomic mass is 9.98. The van der Waals surface area contributed by atoms with Crippen LogP contribution in [0.4, 0.5) is 17.1 Å². The van der Waals surface area contributed by atoms with Gasteiger partial charge in [0.1, 0.15) is 0 Å². The molecule has 0 saturated heterocycles. The van der Waals surface area contributed by atoms with Crippen LogP contribution in [-0.2, 0) is 0 Å². The first-order chi connectivity index (χ1) is 27.9. The Morgan fingerprint density at radius 2 is 0.679 bits per heavy atom. The number of hydrogen-bond donors (Lipinski definition) is 0. The van der Waals surface area contributed by atoms with E-state index in [1.54, 1.807) is 0 Å². The van der Waals surface area contributed by atoms with E-state index in [9.17, 15) is 5.48 Å². The van der Waals surface area contributed by atoms with Gasteiger partial charge in [0.15, 0.2) is 0 Å². The van der Waals surface area contributed by atoms with E-state index in [1.807, 2.05) is 126 Å². The minimum absolute atomic E-state index is 0.0954. The highest BCUT2D eigenvalue weighted by atomic mass is 15.1. The molecular formula is C52H37N. The highest BCUT2D eigenvalue weighted by molar-refractivity contribution is 5.89. The molecule has 1 heteroatoms. The first kappa shape index (κ1) is 27.7. The zero-order valence-corrected chi connectivity index (χ0v) is 29.0. The van der Waals surface area contributed by atoms with E-state index in [0.717, 1.165) is 66.7 Å². The van der Waals surface area contributed by atoms with Crippen LogP contribution in [0.2, 0.25) is 0 Å². The fraction of sp³-hybridized carbons (Fsp3) is 0. The fourth-order valence-electron chi connectivity index (χ4n) is 6.94. The van der Waals surface area contributed by atoms with E-state index in [0.29, 0.717) is 5.56 Å². The maximum absolute atomic E-state index is 9.51. The van der Waals surface area contributed by atoms with Crippen molar-refractivity contribution < 1.29 is 5.48 Å². The van der Waals surface area contributed by atoms with Gasteiger partial charge in [-0.2, -0.15) is 0 Å². The Hall–Kier alpha value is -6.96. The lowest BCUT2D eigenvalue weighted by Gasteiger charge is -2.26. The third kappa shape index (κ3) is 6.77. The molecule has 53 heavy (non-hydrogen) atoms. The van der Waals surface area contributed by atoms with Crippen molar-refractivity contribution >= 4 is 27.8 Å². The molecule has 0 radical (unpaired) electrons. The molecule has 0 fully saturated rings. The molecule has 0 atom stereocenters. The molecular weight excluding hydrogens is 639 g/mol. The average Bonchev–Trinajstić information content (AvgIpc) is 3.28. The maximum Gasteiger partial charge on any atom is 0.0645 e. The van der Waals surface area contributed by atoms with Crippen molar-refractivity contribution in [1.82, 2.24) is 0 Å². The van der Waals surface area contributed by atoms with Crippen LogP contribution in [0.25, 0.3) is 66.4 Å². The van der Waals surface area contributed by atoms with Crippen molar-refractivity contribution in [2.75, 3.05) is 4.90 Å². The molecule has 0 bridgehead atoms. The topological polar surface area (TPSA) is 3.24 Å². The van der Waals surface area contributed by atoms with Crippen molar-refractivity contribution in [2.24, 2.45) is 0 Å². The zero-order valence-electron chi connectivity index (χ0n) is 33.0. The van der Waals surface area contributed by atoms with E-state index in [-0.39, 0.29) is 35.4 Å². The van der Waals surface area contributed by atoms with Gasteiger partial charge in [-0.3, -0.25) is 0 Å². The Kier molecular flexibility index (Phi) is 7.50. The number of nitrogens with zero attached hydrogens (tertiary/aromatic N) is 1. The summed E-state index contributed by atoms with van der Waals surface area (Å²) in [4.78, 5) is 1.86. The molecule has 1 nitrogen and oxygen atoms in total. The van der Waals surface area contributed by atoms with Crippen LogP contribution in [0.1, 0.15) is 5.48 Å². The second-order valence-electron chi connectivity index (χ2n) is 13.1. The van der Waals surface area contributed by atoms with Gasteiger partial charge in [0, 0.05) is 17.1 Å². The quantitative estimate of drug-likeness (QED) is 0.154. The zero-order chi connectivity index (χ0) is 38.9. The summed E-state index contributed by atoms with van der Waals surface area (Å²) >= 11 is 0. The second kappa shape index (κ2) is 14.3. The summed E-state index contributed by atoms with van der Waals surface area (Å²) in [5.74, 6) is 0. The molecule has 9 rings (SSSR count). The molecule has 9 aromatic carbocycles. The monoisotopic (exact) mass is 679 g/mol. The average molecular weight is 680 g/mol. The molecule has 9 aromatic rings. The van der Waals surface area contributed by atoms with Crippen molar-refractivity contribution in [3.63, 3.8) is 0 Å². The largest absolute Gasteiger partial charge is 0.310 e. The van der Waals surface area contributed by atoms with Gasteiger partial charge < -0.3 is 4.90 Å². The highest BCUT2D eigenvalue weighted by Crippen LogP contribution is 2.39. The fourth-order valence-corrected chi connectivity index (χ4v) is 6.94. The lowest BCUT2D eigenvalue weighted by molar-refractivity contribution is 1.28. The van der Waals surface area contributed by atoms with Crippen molar-refractivity contribution in [3.05, 3.63) is 224 Å². The Labute approximate surface area is 317 Å². The van der Waals surface area contributed by atoms with E-state index in [2.05, 4.69) is 78.9 Å². The van der Waals surface area contributed by atoms with E-state index >= 15 is 0 Å². The number of hydrogen-bond acceptors (Lipinski definition) is 1. The van der Waals surface area contributed by atoms with Gasteiger partial charge in [-0.1, -0.05) is 176 Å². The molecule has 0 spiro atoms. The predicted octanol–water partition coefficient (Wildman–Crippen LogP) is 14.6. The minimum atomic E-state index is -0.118. The molecule has 0 saturated carbocycles. The maximum atomic E-state index is 9.51. The summed E-state index contributed by atoms with van der Waals surface area (Å²) in [7, 11) is 0. The highest BCUT2D eigenvalue weighted by Gasteiger charge is 2.15.